The quantitative estimate of drug-likeness (QED) is 0.838. The molecule has 1 aliphatic rings. The minimum atomic E-state index is -0.0112. The number of nitrogen functional groups attached to an aromatic ring is 1. The van der Waals surface area contributed by atoms with E-state index in [1.165, 1.54) is 0 Å². The van der Waals surface area contributed by atoms with Crippen LogP contribution in [0, 0.1) is 0 Å². The third-order valence-electron chi connectivity index (χ3n) is 3.59. The molecule has 2 heterocycles. The molecule has 1 aromatic rings. The number of amides is 1. The van der Waals surface area contributed by atoms with Crippen LogP contribution in [-0.2, 0) is 0 Å². The van der Waals surface area contributed by atoms with Crippen LogP contribution in [0.15, 0.2) is 18.3 Å². The summed E-state index contributed by atoms with van der Waals surface area (Å²) in [5, 5.41) is 0. The highest BCUT2D eigenvalue weighted by Gasteiger charge is 2.23. The summed E-state index contributed by atoms with van der Waals surface area (Å²) in [5.41, 5.74) is 6.27. The van der Waals surface area contributed by atoms with E-state index in [2.05, 4.69) is 28.9 Å². The Kier molecular flexibility index (Phi) is 4.92. The molecule has 0 bridgehead atoms. The van der Waals surface area contributed by atoms with Gasteiger partial charge in [-0.15, -0.1) is 0 Å². The third-order valence-corrected chi connectivity index (χ3v) is 3.59. The average Bonchev–Trinajstić information content (AvgIpc) is 2.45. The number of piperazine rings is 1. The molecule has 0 aromatic carbocycles. The number of hydrogen-bond donors (Lipinski definition) is 1. The van der Waals surface area contributed by atoms with Gasteiger partial charge in [0.25, 0.3) is 5.91 Å². The molecule has 0 aliphatic carbocycles. The molecule has 0 radical (unpaired) electrons. The molecule has 20 heavy (non-hydrogen) atoms. The third kappa shape index (κ3) is 3.68. The van der Waals surface area contributed by atoms with Crippen molar-refractivity contribution in [1.82, 2.24) is 19.7 Å². The van der Waals surface area contributed by atoms with Crippen molar-refractivity contribution in [3.63, 3.8) is 0 Å². The molecule has 1 aliphatic heterocycles. The van der Waals surface area contributed by atoms with Crippen LogP contribution in [-0.4, -0.2) is 79.0 Å². The molecule has 0 unspecified atom stereocenters. The van der Waals surface area contributed by atoms with Gasteiger partial charge in [-0.1, -0.05) is 0 Å². The first-order chi connectivity index (χ1) is 9.58. The number of carbonyl (C=O) groups is 1. The van der Waals surface area contributed by atoms with Crippen molar-refractivity contribution in [3.05, 3.63) is 23.9 Å². The fourth-order valence-corrected chi connectivity index (χ4v) is 2.28. The predicted octanol–water partition coefficient (Wildman–Crippen LogP) is -0.0168. The number of aromatic nitrogens is 1. The number of nitrogens with two attached hydrogens (primary N) is 1. The largest absolute Gasteiger partial charge is 0.383 e. The number of rotatable bonds is 4. The van der Waals surface area contributed by atoms with Gasteiger partial charge in [-0.2, -0.15) is 0 Å². The lowest BCUT2D eigenvalue weighted by molar-refractivity contribution is 0.0630. The zero-order chi connectivity index (χ0) is 14.5. The minimum absolute atomic E-state index is 0.0112. The standard InChI is InChI=1S/C14H23N5O/c1-17(2)6-7-18-8-10-19(11-9-18)14(20)12-4-3-5-16-13(12)15/h3-5H,6-11H2,1-2H3,(H2,15,16). The van der Waals surface area contributed by atoms with E-state index in [1.54, 1.807) is 18.3 Å². The smallest absolute Gasteiger partial charge is 0.257 e. The summed E-state index contributed by atoms with van der Waals surface area (Å²) in [6.07, 6.45) is 1.60. The highest BCUT2D eigenvalue weighted by molar-refractivity contribution is 5.98. The van der Waals surface area contributed by atoms with E-state index in [0.717, 1.165) is 39.3 Å². The Morgan fingerprint density at radius 2 is 2.05 bits per heavy atom. The first-order valence-corrected chi connectivity index (χ1v) is 6.95. The normalized spacial score (nSPS) is 16.6. The maximum absolute atomic E-state index is 12.4. The molecule has 0 saturated carbocycles. The molecule has 110 valence electrons. The SMILES string of the molecule is CN(C)CCN1CCN(C(=O)c2cccnc2N)CC1. The van der Waals surface area contributed by atoms with Crippen molar-refractivity contribution in [3.8, 4) is 0 Å². The van der Waals surface area contributed by atoms with Gasteiger partial charge in [0.1, 0.15) is 5.82 Å². The lowest BCUT2D eigenvalue weighted by atomic mass is 10.2. The number of nitrogens with zero attached hydrogens (tertiary/aromatic N) is 4. The van der Waals surface area contributed by atoms with Crippen molar-refractivity contribution in [2.24, 2.45) is 0 Å². The first kappa shape index (κ1) is 14.7. The van der Waals surface area contributed by atoms with Gasteiger partial charge in [-0.25, -0.2) is 4.98 Å². The Labute approximate surface area is 120 Å². The molecule has 2 rings (SSSR count). The van der Waals surface area contributed by atoms with Crippen LogP contribution < -0.4 is 5.73 Å². The van der Waals surface area contributed by atoms with Crippen molar-refractivity contribution >= 4 is 11.7 Å². The molecule has 1 aromatic heterocycles. The molecule has 0 spiro atoms. The summed E-state index contributed by atoms with van der Waals surface area (Å²) < 4.78 is 0. The highest BCUT2D eigenvalue weighted by Crippen LogP contribution is 2.12. The van der Waals surface area contributed by atoms with Gasteiger partial charge in [0, 0.05) is 45.5 Å². The van der Waals surface area contributed by atoms with E-state index < -0.39 is 0 Å². The Hall–Kier alpha value is -1.66. The zero-order valence-electron chi connectivity index (χ0n) is 12.2. The fourth-order valence-electron chi connectivity index (χ4n) is 2.28. The highest BCUT2D eigenvalue weighted by atomic mass is 16.2. The van der Waals surface area contributed by atoms with Crippen LogP contribution in [0.25, 0.3) is 0 Å². The van der Waals surface area contributed by atoms with E-state index in [0.29, 0.717) is 11.4 Å². The van der Waals surface area contributed by atoms with Crippen molar-refractivity contribution in [2.75, 3.05) is 59.1 Å². The molecule has 6 nitrogen and oxygen atoms in total. The Morgan fingerprint density at radius 3 is 2.65 bits per heavy atom. The minimum Gasteiger partial charge on any atom is -0.383 e. The topological polar surface area (TPSA) is 65.7 Å². The van der Waals surface area contributed by atoms with Crippen LogP contribution in [0.3, 0.4) is 0 Å². The average molecular weight is 277 g/mol. The van der Waals surface area contributed by atoms with E-state index in [1.807, 2.05) is 4.90 Å². The van der Waals surface area contributed by atoms with E-state index in [4.69, 9.17) is 5.73 Å². The Morgan fingerprint density at radius 1 is 1.35 bits per heavy atom. The lowest BCUT2D eigenvalue weighted by Gasteiger charge is -2.35. The molecule has 1 amide bonds. The number of pyridine rings is 1. The zero-order valence-corrected chi connectivity index (χ0v) is 12.2. The number of carbonyl (C=O) groups excluding carboxylic acids is 1. The fraction of sp³-hybridized carbons (Fsp3) is 0.571. The second-order valence-corrected chi connectivity index (χ2v) is 5.37. The second-order valence-electron chi connectivity index (χ2n) is 5.37. The van der Waals surface area contributed by atoms with E-state index >= 15 is 0 Å². The van der Waals surface area contributed by atoms with Crippen LogP contribution >= 0.6 is 0 Å². The predicted molar refractivity (Wildman–Crippen MR) is 79.5 cm³/mol. The van der Waals surface area contributed by atoms with Gasteiger partial charge in [0.15, 0.2) is 0 Å². The summed E-state index contributed by atoms with van der Waals surface area (Å²) in [6, 6.07) is 3.49. The monoisotopic (exact) mass is 277 g/mol. The molecular weight excluding hydrogens is 254 g/mol. The van der Waals surface area contributed by atoms with Crippen LogP contribution in [0.5, 0.6) is 0 Å². The Bertz CT molecular complexity index is 455. The first-order valence-electron chi connectivity index (χ1n) is 6.95. The number of anilines is 1. The van der Waals surface area contributed by atoms with Gasteiger partial charge in [-0.3, -0.25) is 9.69 Å². The molecule has 0 atom stereocenters. The van der Waals surface area contributed by atoms with Crippen molar-refractivity contribution in [1.29, 1.82) is 0 Å². The molecule has 1 fully saturated rings. The van der Waals surface area contributed by atoms with Crippen LogP contribution in [0.1, 0.15) is 10.4 Å². The molecule has 6 heteroatoms. The van der Waals surface area contributed by atoms with Crippen molar-refractivity contribution < 1.29 is 4.79 Å². The van der Waals surface area contributed by atoms with Gasteiger partial charge in [-0.05, 0) is 26.2 Å². The van der Waals surface area contributed by atoms with Gasteiger partial charge >= 0.3 is 0 Å². The van der Waals surface area contributed by atoms with Crippen LogP contribution in [0.2, 0.25) is 0 Å². The van der Waals surface area contributed by atoms with E-state index in [-0.39, 0.29) is 5.91 Å². The second kappa shape index (κ2) is 6.67. The number of hydrogen-bond acceptors (Lipinski definition) is 5. The van der Waals surface area contributed by atoms with E-state index in [9.17, 15) is 4.79 Å². The summed E-state index contributed by atoms with van der Waals surface area (Å²) in [4.78, 5) is 22.8. The summed E-state index contributed by atoms with van der Waals surface area (Å²) >= 11 is 0. The summed E-state index contributed by atoms with van der Waals surface area (Å²) in [7, 11) is 4.15. The number of likely N-dealkylation sites (N-methyl/N-ethyl adjacent to an activating group) is 1. The molecule has 2 N–H and O–H groups in total. The van der Waals surface area contributed by atoms with Gasteiger partial charge < -0.3 is 15.5 Å². The Balaban J connectivity index is 1.88. The van der Waals surface area contributed by atoms with Crippen molar-refractivity contribution in [2.45, 2.75) is 0 Å². The lowest BCUT2D eigenvalue weighted by Crippen LogP contribution is -2.50. The molecular formula is C14H23N5O. The maximum Gasteiger partial charge on any atom is 0.257 e. The molecule has 1 saturated heterocycles. The van der Waals surface area contributed by atoms with Gasteiger partial charge in [0.05, 0.1) is 5.56 Å². The maximum atomic E-state index is 12.4. The van der Waals surface area contributed by atoms with Crippen LogP contribution in [0.4, 0.5) is 5.82 Å². The summed E-state index contributed by atoms with van der Waals surface area (Å²) in [6.45, 7) is 5.42. The summed E-state index contributed by atoms with van der Waals surface area (Å²) in [5.74, 6) is 0.301. The van der Waals surface area contributed by atoms with Gasteiger partial charge in [0.2, 0.25) is 0 Å².